The summed E-state index contributed by atoms with van der Waals surface area (Å²) in [6.07, 6.45) is 0.337. The Morgan fingerprint density at radius 2 is 1.23 bits per heavy atom. The lowest BCUT2D eigenvalue weighted by Gasteiger charge is -2.35. The molecular weight excluding hydrogens is 388 g/mol. The number of hydrogen-bond acceptors (Lipinski definition) is 3. The lowest BCUT2D eigenvalue weighted by Crippen LogP contribution is -2.50. The van der Waals surface area contributed by atoms with E-state index < -0.39 is 0 Å². The van der Waals surface area contributed by atoms with Crippen molar-refractivity contribution in [1.29, 1.82) is 0 Å². The van der Waals surface area contributed by atoms with Gasteiger partial charge < -0.3 is 14.5 Å². The van der Waals surface area contributed by atoms with Gasteiger partial charge in [-0.05, 0) is 35.4 Å². The lowest BCUT2D eigenvalue weighted by atomic mass is 10.0. The zero-order chi connectivity index (χ0) is 21.5. The molecule has 2 amide bonds. The highest BCUT2D eigenvalue weighted by molar-refractivity contribution is 5.95. The van der Waals surface area contributed by atoms with Crippen molar-refractivity contribution in [1.82, 2.24) is 9.80 Å². The van der Waals surface area contributed by atoms with Crippen LogP contribution in [-0.2, 0) is 4.79 Å². The molecule has 158 valence electrons. The minimum Gasteiger partial charge on any atom is -0.493 e. The highest BCUT2D eigenvalue weighted by Gasteiger charge is 2.24. The Kier molecular flexibility index (Phi) is 6.62. The van der Waals surface area contributed by atoms with E-state index in [1.165, 1.54) is 0 Å². The van der Waals surface area contributed by atoms with Gasteiger partial charge in [-0.25, -0.2) is 0 Å². The second-order valence-corrected chi connectivity index (χ2v) is 7.53. The Balaban J connectivity index is 1.25. The molecule has 5 heteroatoms. The largest absolute Gasteiger partial charge is 0.493 e. The summed E-state index contributed by atoms with van der Waals surface area (Å²) >= 11 is 0. The molecule has 0 aromatic heterocycles. The zero-order valence-corrected chi connectivity index (χ0v) is 17.4. The summed E-state index contributed by atoms with van der Waals surface area (Å²) in [7, 11) is 0. The zero-order valence-electron chi connectivity index (χ0n) is 17.4. The highest BCUT2D eigenvalue weighted by Crippen LogP contribution is 2.20. The van der Waals surface area contributed by atoms with Crippen LogP contribution in [-0.4, -0.2) is 54.4 Å². The third-order valence-electron chi connectivity index (χ3n) is 5.49. The van der Waals surface area contributed by atoms with Crippen LogP contribution in [0.1, 0.15) is 16.8 Å². The first-order valence-electron chi connectivity index (χ1n) is 10.6. The number of piperazine rings is 1. The van der Waals surface area contributed by atoms with Gasteiger partial charge in [0.25, 0.3) is 5.91 Å². The van der Waals surface area contributed by atoms with E-state index in [2.05, 4.69) is 12.1 Å². The maximum absolute atomic E-state index is 12.9. The summed E-state index contributed by atoms with van der Waals surface area (Å²) < 4.78 is 5.61. The molecule has 5 nitrogen and oxygen atoms in total. The second kappa shape index (κ2) is 9.94. The number of hydrogen-bond donors (Lipinski definition) is 0. The lowest BCUT2D eigenvalue weighted by molar-refractivity contribution is -0.133. The first-order chi connectivity index (χ1) is 15.2. The molecule has 1 saturated heterocycles. The van der Waals surface area contributed by atoms with Gasteiger partial charge in [-0.2, -0.15) is 0 Å². The first kappa shape index (κ1) is 20.7. The summed E-state index contributed by atoms with van der Waals surface area (Å²) in [5.41, 5.74) is 2.89. The summed E-state index contributed by atoms with van der Waals surface area (Å²) in [6, 6.07) is 27.3. The van der Waals surface area contributed by atoms with Crippen LogP contribution >= 0.6 is 0 Å². The quantitative estimate of drug-likeness (QED) is 0.610. The maximum Gasteiger partial charge on any atom is 0.253 e. The van der Waals surface area contributed by atoms with E-state index in [0.717, 1.165) is 16.9 Å². The van der Waals surface area contributed by atoms with Crippen molar-refractivity contribution >= 4 is 11.8 Å². The van der Waals surface area contributed by atoms with E-state index in [1.54, 1.807) is 0 Å². The summed E-state index contributed by atoms with van der Waals surface area (Å²) in [6.45, 7) is 2.56. The van der Waals surface area contributed by atoms with E-state index in [4.69, 9.17) is 4.74 Å². The molecule has 0 unspecified atom stereocenters. The van der Waals surface area contributed by atoms with E-state index in [1.807, 2.05) is 82.6 Å². The van der Waals surface area contributed by atoms with Gasteiger partial charge in [-0.3, -0.25) is 9.59 Å². The van der Waals surface area contributed by atoms with Gasteiger partial charge in [0.2, 0.25) is 5.91 Å². The Morgan fingerprint density at radius 3 is 1.87 bits per heavy atom. The topological polar surface area (TPSA) is 49.9 Å². The Labute approximate surface area is 182 Å². The van der Waals surface area contributed by atoms with Crippen molar-refractivity contribution < 1.29 is 14.3 Å². The molecule has 31 heavy (non-hydrogen) atoms. The molecule has 1 heterocycles. The Bertz CT molecular complexity index is 996. The third-order valence-corrected chi connectivity index (χ3v) is 5.49. The maximum atomic E-state index is 12.9. The molecule has 1 fully saturated rings. The molecule has 3 aromatic carbocycles. The number of amides is 2. The third kappa shape index (κ3) is 5.31. The van der Waals surface area contributed by atoms with Gasteiger partial charge in [0.15, 0.2) is 0 Å². The van der Waals surface area contributed by atoms with Gasteiger partial charge in [-0.15, -0.1) is 0 Å². The minimum absolute atomic E-state index is 0.0131. The van der Waals surface area contributed by atoms with Crippen molar-refractivity contribution in [3.63, 3.8) is 0 Å². The van der Waals surface area contributed by atoms with Crippen molar-refractivity contribution in [3.05, 3.63) is 90.5 Å². The molecular formula is C26H26N2O3. The smallest absolute Gasteiger partial charge is 0.253 e. The van der Waals surface area contributed by atoms with Crippen LogP contribution in [0.5, 0.6) is 5.75 Å². The normalized spacial score (nSPS) is 13.7. The van der Waals surface area contributed by atoms with E-state index in [-0.39, 0.29) is 11.8 Å². The predicted molar refractivity (Wildman–Crippen MR) is 121 cm³/mol. The molecule has 0 atom stereocenters. The highest BCUT2D eigenvalue weighted by atomic mass is 16.5. The molecule has 0 aliphatic carbocycles. The summed E-state index contributed by atoms with van der Waals surface area (Å²) in [5.74, 6) is 0.846. The van der Waals surface area contributed by atoms with Gasteiger partial charge in [0.1, 0.15) is 5.75 Å². The molecule has 0 radical (unpaired) electrons. The number of para-hydroxylation sites is 1. The molecule has 0 spiro atoms. The van der Waals surface area contributed by atoms with Crippen LogP contribution in [0.15, 0.2) is 84.9 Å². The van der Waals surface area contributed by atoms with E-state index >= 15 is 0 Å². The number of ether oxygens (including phenoxy) is 1. The Hall–Kier alpha value is -3.60. The molecule has 4 rings (SSSR count). The number of carbonyl (C=O) groups excluding carboxylic acids is 2. The number of carbonyl (C=O) groups is 2. The van der Waals surface area contributed by atoms with Crippen LogP contribution in [0.25, 0.3) is 11.1 Å². The van der Waals surface area contributed by atoms with Crippen LogP contribution in [0.2, 0.25) is 0 Å². The summed E-state index contributed by atoms with van der Waals surface area (Å²) in [4.78, 5) is 28.9. The molecule has 3 aromatic rings. The fraction of sp³-hybridized carbons (Fsp3) is 0.231. The molecule has 0 bridgehead atoms. The first-order valence-corrected chi connectivity index (χ1v) is 10.6. The number of rotatable bonds is 6. The molecule has 0 N–H and O–H groups in total. The van der Waals surface area contributed by atoms with E-state index in [0.29, 0.717) is 44.8 Å². The van der Waals surface area contributed by atoms with Crippen molar-refractivity contribution in [2.75, 3.05) is 32.8 Å². The van der Waals surface area contributed by atoms with Gasteiger partial charge in [-0.1, -0.05) is 60.7 Å². The SMILES string of the molecule is O=C(CCOc1ccccc1)N1CCN(C(=O)c2ccc(-c3ccccc3)cc2)CC1. The predicted octanol–water partition coefficient (Wildman–Crippen LogP) is 4.11. The molecule has 1 aliphatic rings. The fourth-order valence-corrected chi connectivity index (χ4v) is 3.71. The van der Waals surface area contributed by atoms with Gasteiger partial charge in [0.05, 0.1) is 13.0 Å². The van der Waals surface area contributed by atoms with Crippen LogP contribution in [0.4, 0.5) is 0 Å². The van der Waals surface area contributed by atoms with Crippen LogP contribution < -0.4 is 4.74 Å². The number of nitrogens with zero attached hydrogens (tertiary/aromatic N) is 2. The average molecular weight is 415 g/mol. The van der Waals surface area contributed by atoms with Crippen LogP contribution in [0.3, 0.4) is 0 Å². The minimum atomic E-state index is 0.0131. The monoisotopic (exact) mass is 414 g/mol. The van der Waals surface area contributed by atoms with Crippen molar-refractivity contribution in [2.45, 2.75) is 6.42 Å². The fourth-order valence-electron chi connectivity index (χ4n) is 3.71. The second-order valence-electron chi connectivity index (χ2n) is 7.53. The van der Waals surface area contributed by atoms with Crippen molar-refractivity contribution in [2.24, 2.45) is 0 Å². The summed E-state index contributed by atoms with van der Waals surface area (Å²) in [5, 5.41) is 0. The molecule has 0 saturated carbocycles. The van der Waals surface area contributed by atoms with E-state index in [9.17, 15) is 9.59 Å². The number of benzene rings is 3. The average Bonchev–Trinajstić information content (AvgIpc) is 2.85. The Morgan fingerprint density at radius 1 is 0.677 bits per heavy atom. The van der Waals surface area contributed by atoms with Gasteiger partial charge in [0, 0.05) is 31.7 Å². The molecule has 1 aliphatic heterocycles. The van der Waals surface area contributed by atoms with Crippen LogP contribution in [0, 0.1) is 0 Å². The van der Waals surface area contributed by atoms with Gasteiger partial charge >= 0.3 is 0 Å². The standard InChI is InChI=1S/C26H26N2O3/c29-25(15-20-31-24-9-5-2-6-10-24)27-16-18-28(19-17-27)26(30)23-13-11-22(12-14-23)21-7-3-1-4-8-21/h1-14H,15-20H2. The van der Waals surface area contributed by atoms with Crippen molar-refractivity contribution in [3.8, 4) is 16.9 Å².